The lowest BCUT2D eigenvalue weighted by molar-refractivity contribution is 0.103. The maximum absolute atomic E-state index is 13.0. The molecule has 0 atom stereocenters. The predicted octanol–water partition coefficient (Wildman–Crippen LogP) is 3.35. The van der Waals surface area contributed by atoms with Crippen molar-refractivity contribution < 1.29 is 13.6 Å². The minimum Gasteiger partial charge on any atom is -0.289 e. The standard InChI is InChI=1S/C12H6BrF2NO/c13-9-3-8(5-16-6-9)12(17)7-1-2-10(14)11(15)4-7/h1-6H. The Labute approximate surface area is 104 Å². The van der Waals surface area contributed by atoms with Crippen LogP contribution in [0.5, 0.6) is 0 Å². The number of carbonyl (C=O) groups excluding carboxylic acids is 1. The van der Waals surface area contributed by atoms with Crippen molar-refractivity contribution in [2.45, 2.75) is 0 Å². The van der Waals surface area contributed by atoms with E-state index in [1.54, 1.807) is 6.07 Å². The Bertz CT molecular complexity index is 586. The zero-order valence-electron chi connectivity index (χ0n) is 8.45. The molecule has 2 aromatic rings. The lowest BCUT2D eigenvalue weighted by atomic mass is 10.1. The summed E-state index contributed by atoms with van der Waals surface area (Å²) in [4.78, 5) is 15.7. The fourth-order valence-electron chi connectivity index (χ4n) is 1.34. The first-order valence-electron chi connectivity index (χ1n) is 4.68. The molecule has 0 N–H and O–H groups in total. The van der Waals surface area contributed by atoms with Crippen LogP contribution in [-0.4, -0.2) is 10.8 Å². The Morgan fingerprint density at radius 3 is 2.47 bits per heavy atom. The molecule has 0 aliphatic rings. The minimum absolute atomic E-state index is 0.0869. The zero-order chi connectivity index (χ0) is 12.4. The topological polar surface area (TPSA) is 30.0 Å². The van der Waals surface area contributed by atoms with Gasteiger partial charge >= 0.3 is 0 Å². The molecule has 0 amide bonds. The van der Waals surface area contributed by atoms with Crippen molar-refractivity contribution in [2.75, 3.05) is 0 Å². The summed E-state index contributed by atoms with van der Waals surface area (Å²) in [5.74, 6) is -2.43. The van der Waals surface area contributed by atoms with Crippen molar-refractivity contribution >= 4 is 21.7 Å². The fourth-order valence-corrected chi connectivity index (χ4v) is 1.70. The molecule has 0 spiro atoms. The number of nitrogens with zero attached hydrogens (tertiary/aromatic N) is 1. The monoisotopic (exact) mass is 297 g/mol. The second kappa shape index (κ2) is 4.71. The molecule has 1 aromatic carbocycles. The average molecular weight is 298 g/mol. The summed E-state index contributed by atoms with van der Waals surface area (Å²) in [6.45, 7) is 0. The molecule has 0 radical (unpaired) electrons. The quantitative estimate of drug-likeness (QED) is 0.796. The third-order valence-corrected chi connectivity index (χ3v) is 2.58. The maximum atomic E-state index is 13.0. The molecular weight excluding hydrogens is 292 g/mol. The number of halogens is 3. The summed E-state index contributed by atoms with van der Waals surface area (Å²) in [5.41, 5.74) is 0.397. The smallest absolute Gasteiger partial charge is 0.194 e. The Morgan fingerprint density at radius 2 is 1.82 bits per heavy atom. The van der Waals surface area contributed by atoms with Crippen molar-refractivity contribution in [3.8, 4) is 0 Å². The molecular formula is C12H6BrF2NO. The number of hydrogen-bond acceptors (Lipinski definition) is 2. The molecule has 17 heavy (non-hydrogen) atoms. The zero-order valence-corrected chi connectivity index (χ0v) is 10.0. The van der Waals surface area contributed by atoms with E-state index in [0.29, 0.717) is 10.0 Å². The summed E-state index contributed by atoms with van der Waals surface area (Å²) < 4.78 is 26.3. The van der Waals surface area contributed by atoms with Crippen LogP contribution in [0.1, 0.15) is 15.9 Å². The molecule has 0 saturated heterocycles. The highest BCUT2D eigenvalue weighted by Gasteiger charge is 2.12. The lowest BCUT2D eigenvalue weighted by Gasteiger charge is -2.02. The van der Waals surface area contributed by atoms with Gasteiger partial charge in [0.2, 0.25) is 0 Å². The van der Waals surface area contributed by atoms with Crippen molar-refractivity contribution in [3.05, 3.63) is 63.9 Å². The van der Waals surface area contributed by atoms with Crippen molar-refractivity contribution in [3.63, 3.8) is 0 Å². The van der Waals surface area contributed by atoms with Crippen LogP contribution in [0.3, 0.4) is 0 Å². The molecule has 0 unspecified atom stereocenters. The summed E-state index contributed by atoms with van der Waals surface area (Å²) in [6.07, 6.45) is 2.90. The molecule has 1 aromatic heterocycles. The van der Waals surface area contributed by atoms with E-state index in [4.69, 9.17) is 0 Å². The SMILES string of the molecule is O=C(c1cncc(Br)c1)c1ccc(F)c(F)c1. The van der Waals surface area contributed by atoms with E-state index < -0.39 is 17.4 Å². The number of aromatic nitrogens is 1. The van der Waals surface area contributed by atoms with E-state index in [9.17, 15) is 13.6 Å². The van der Waals surface area contributed by atoms with Crippen LogP contribution in [0.25, 0.3) is 0 Å². The molecule has 0 fully saturated rings. The van der Waals surface area contributed by atoms with Crippen LogP contribution in [0.4, 0.5) is 8.78 Å². The first kappa shape index (κ1) is 11.9. The number of benzene rings is 1. The van der Waals surface area contributed by atoms with E-state index in [1.165, 1.54) is 18.5 Å². The maximum Gasteiger partial charge on any atom is 0.194 e. The molecule has 86 valence electrons. The van der Waals surface area contributed by atoms with Crippen LogP contribution in [0, 0.1) is 11.6 Å². The van der Waals surface area contributed by atoms with Gasteiger partial charge in [-0.3, -0.25) is 9.78 Å². The van der Waals surface area contributed by atoms with Gasteiger partial charge in [-0.2, -0.15) is 0 Å². The van der Waals surface area contributed by atoms with Gasteiger partial charge in [-0.05, 0) is 40.2 Å². The number of carbonyl (C=O) groups is 1. The average Bonchev–Trinajstić information content (AvgIpc) is 2.32. The van der Waals surface area contributed by atoms with E-state index in [1.807, 2.05) is 0 Å². The van der Waals surface area contributed by atoms with Gasteiger partial charge < -0.3 is 0 Å². The summed E-state index contributed by atoms with van der Waals surface area (Å²) in [5, 5.41) is 0. The number of hydrogen-bond donors (Lipinski definition) is 0. The second-order valence-corrected chi connectivity index (χ2v) is 4.27. The third-order valence-electron chi connectivity index (χ3n) is 2.15. The summed E-state index contributed by atoms with van der Waals surface area (Å²) in [7, 11) is 0. The molecule has 2 nitrogen and oxygen atoms in total. The van der Waals surface area contributed by atoms with Gasteiger partial charge in [0.25, 0.3) is 0 Å². The molecule has 0 saturated carbocycles. The number of ketones is 1. The third kappa shape index (κ3) is 2.55. The van der Waals surface area contributed by atoms with Gasteiger partial charge in [-0.25, -0.2) is 8.78 Å². The highest BCUT2D eigenvalue weighted by Crippen LogP contribution is 2.16. The van der Waals surface area contributed by atoms with Crippen LogP contribution in [0.2, 0.25) is 0 Å². The van der Waals surface area contributed by atoms with Crippen LogP contribution in [-0.2, 0) is 0 Å². The first-order chi connectivity index (χ1) is 8.08. The van der Waals surface area contributed by atoms with Gasteiger partial charge in [-0.1, -0.05) is 0 Å². The van der Waals surface area contributed by atoms with Crippen LogP contribution >= 0.6 is 15.9 Å². The Hall–Kier alpha value is -1.62. The van der Waals surface area contributed by atoms with Gasteiger partial charge in [-0.15, -0.1) is 0 Å². The van der Waals surface area contributed by atoms with Crippen LogP contribution in [0.15, 0.2) is 41.1 Å². The van der Waals surface area contributed by atoms with Crippen molar-refractivity contribution in [1.82, 2.24) is 4.98 Å². The van der Waals surface area contributed by atoms with Gasteiger partial charge in [0.15, 0.2) is 17.4 Å². The fraction of sp³-hybridized carbons (Fsp3) is 0. The molecule has 0 aliphatic carbocycles. The Balaban J connectivity index is 2.40. The van der Waals surface area contributed by atoms with E-state index in [-0.39, 0.29) is 5.56 Å². The van der Waals surface area contributed by atoms with Crippen LogP contribution < -0.4 is 0 Å². The van der Waals surface area contributed by atoms with Crippen molar-refractivity contribution in [1.29, 1.82) is 0 Å². The molecule has 0 aliphatic heterocycles. The Morgan fingerprint density at radius 1 is 1.06 bits per heavy atom. The number of pyridine rings is 1. The van der Waals surface area contributed by atoms with E-state index in [0.717, 1.165) is 12.1 Å². The minimum atomic E-state index is -1.04. The normalized spacial score (nSPS) is 10.3. The molecule has 2 rings (SSSR count). The summed E-state index contributed by atoms with van der Waals surface area (Å²) in [6, 6.07) is 4.60. The lowest BCUT2D eigenvalue weighted by Crippen LogP contribution is -2.03. The van der Waals surface area contributed by atoms with Gasteiger partial charge in [0.05, 0.1) is 0 Å². The predicted molar refractivity (Wildman–Crippen MR) is 61.7 cm³/mol. The van der Waals surface area contributed by atoms with E-state index >= 15 is 0 Å². The number of rotatable bonds is 2. The largest absolute Gasteiger partial charge is 0.289 e. The first-order valence-corrected chi connectivity index (χ1v) is 5.47. The Kier molecular flexibility index (Phi) is 3.28. The summed E-state index contributed by atoms with van der Waals surface area (Å²) >= 11 is 3.18. The molecule has 5 heteroatoms. The van der Waals surface area contributed by atoms with Gasteiger partial charge in [0, 0.05) is 28.0 Å². The highest BCUT2D eigenvalue weighted by atomic mass is 79.9. The highest BCUT2D eigenvalue weighted by molar-refractivity contribution is 9.10. The second-order valence-electron chi connectivity index (χ2n) is 3.35. The van der Waals surface area contributed by atoms with Crippen molar-refractivity contribution in [2.24, 2.45) is 0 Å². The molecule has 0 bridgehead atoms. The molecule has 1 heterocycles. The van der Waals surface area contributed by atoms with E-state index in [2.05, 4.69) is 20.9 Å². The van der Waals surface area contributed by atoms with Gasteiger partial charge in [0.1, 0.15) is 0 Å².